The van der Waals surface area contributed by atoms with Crippen molar-refractivity contribution in [1.29, 1.82) is 0 Å². The van der Waals surface area contributed by atoms with Crippen LogP contribution in [0.25, 0.3) is 10.4 Å². The Labute approximate surface area is 223 Å². The van der Waals surface area contributed by atoms with Crippen molar-refractivity contribution in [1.82, 2.24) is 15.0 Å². The lowest BCUT2D eigenvalue weighted by molar-refractivity contribution is -0.137. The van der Waals surface area contributed by atoms with Crippen LogP contribution in [0.15, 0.2) is 67.1 Å². The normalized spacial score (nSPS) is 13.7. The summed E-state index contributed by atoms with van der Waals surface area (Å²) >= 11 is 1.40. The highest BCUT2D eigenvalue weighted by Gasteiger charge is 2.30. The Morgan fingerprint density at radius 3 is 2.46 bits per heavy atom. The summed E-state index contributed by atoms with van der Waals surface area (Å²) in [6, 6.07) is 10.7. The van der Waals surface area contributed by atoms with E-state index in [1.54, 1.807) is 23.2 Å². The van der Waals surface area contributed by atoms with Gasteiger partial charge in [-0.3, -0.25) is 9.69 Å². The van der Waals surface area contributed by atoms with E-state index in [2.05, 4.69) is 25.6 Å². The number of alkyl halides is 3. The SMILES string of the molecule is O=C(Nc1cnc(Oc2ccc(-c3cnc(N4CCOCC4=O)s3)cc2)nc1)Nc1cccc(C(F)(F)F)c1. The number of urea groups is 1. The summed E-state index contributed by atoms with van der Waals surface area (Å²) in [5, 5.41) is 5.39. The molecule has 1 aliphatic heterocycles. The zero-order valence-corrected chi connectivity index (χ0v) is 20.8. The molecule has 2 aromatic heterocycles. The zero-order valence-electron chi connectivity index (χ0n) is 19.9. The molecule has 200 valence electrons. The molecule has 2 aromatic carbocycles. The topological polar surface area (TPSA) is 119 Å². The summed E-state index contributed by atoms with van der Waals surface area (Å²) in [4.78, 5) is 39.1. The van der Waals surface area contributed by atoms with Gasteiger partial charge < -0.3 is 20.1 Å². The van der Waals surface area contributed by atoms with Gasteiger partial charge in [0, 0.05) is 11.9 Å². The van der Waals surface area contributed by atoms with Crippen molar-refractivity contribution < 1.29 is 32.2 Å². The molecule has 3 heterocycles. The van der Waals surface area contributed by atoms with Gasteiger partial charge in [-0.15, -0.1) is 0 Å². The van der Waals surface area contributed by atoms with Crippen molar-refractivity contribution >= 4 is 39.8 Å². The van der Waals surface area contributed by atoms with Gasteiger partial charge in [0.25, 0.3) is 5.91 Å². The molecule has 0 atom stereocenters. The number of ether oxygens (including phenoxy) is 2. The van der Waals surface area contributed by atoms with Crippen LogP contribution in [0, 0.1) is 0 Å². The Morgan fingerprint density at radius 2 is 1.74 bits per heavy atom. The molecule has 1 aliphatic rings. The second-order valence-corrected chi connectivity index (χ2v) is 9.15. The Morgan fingerprint density at radius 1 is 1.00 bits per heavy atom. The molecule has 1 saturated heterocycles. The number of nitrogens with one attached hydrogen (secondary N) is 2. The van der Waals surface area contributed by atoms with E-state index in [0.717, 1.165) is 22.6 Å². The number of hydrogen-bond donors (Lipinski definition) is 2. The highest BCUT2D eigenvalue weighted by atomic mass is 32.1. The number of carbonyl (C=O) groups is 2. The quantitative estimate of drug-likeness (QED) is 0.326. The maximum atomic E-state index is 12.8. The molecular formula is C25H19F3N6O4S. The number of hydrogen-bond acceptors (Lipinski definition) is 8. The Bertz CT molecular complexity index is 1480. The predicted molar refractivity (Wildman–Crippen MR) is 137 cm³/mol. The van der Waals surface area contributed by atoms with Gasteiger partial charge in [0.1, 0.15) is 12.4 Å². The maximum absolute atomic E-state index is 12.8. The van der Waals surface area contributed by atoms with E-state index in [0.29, 0.717) is 24.0 Å². The first-order chi connectivity index (χ1) is 18.7. The van der Waals surface area contributed by atoms with E-state index in [9.17, 15) is 22.8 Å². The van der Waals surface area contributed by atoms with Crippen LogP contribution in [0.4, 0.5) is 34.5 Å². The third-order valence-corrected chi connectivity index (χ3v) is 6.46. The van der Waals surface area contributed by atoms with Gasteiger partial charge in [0.05, 0.1) is 41.7 Å². The van der Waals surface area contributed by atoms with Crippen LogP contribution in [-0.4, -0.2) is 46.6 Å². The fourth-order valence-electron chi connectivity index (χ4n) is 3.54. The average Bonchev–Trinajstić information content (AvgIpc) is 3.40. The Kier molecular flexibility index (Phi) is 7.38. The lowest BCUT2D eigenvalue weighted by Gasteiger charge is -2.23. The van der Waals surface area contributed by atoms with Gasteiger partial charge in [0.2, 0.25) is 0 Å². The highest BCUT2D eigenvalue weighted by molar-refractivity contribution is 7.19. The number of amides is 3. The second-order valence-electron chi connectivity index (χ2n) is 8.14. The van der Waals surface area contributed by atoms with Crippen LogP contribution >= 0.6 is 11.3 Å². The maximum Gasteiger partial charge on any atom is 0.416 e. The minimum absolute atomic E-state index is 0.0178. The molecule has 3 amide bonds. The van der Waals surface area contributed by atoms with E-state index in [4.69, 9.17) is 9.47 Å². The highest BCUT2D eigenvalue weighted by Crippen LogP contribution is 2.33. The van der Waals surface area contributed by atoms with Crippen molar-refractivity contribution in [2.24, 2.45) is 0 Å². The summed E-state index contributed by atoms with van der Waals surface area (Å²) in [5.41, 5.74) is 0.205. The van der Waals surface area contributed by atoms with Gasteiger partial charge in [-0.05, 0) is 48.0 Å². The number of thiazole rings is 1. The van der Waals surface area contributed by atoms with E-state index in [1.807, 2.05) is 12.1 Å². The van der Waals surface area contributed by atoms with Crippen molar-refractivity contribution in [3.63, 3.8) is 0 Å². The van der Waals surface area contributed by atoms with E-state index in [-0.39, 0.29) is 29.9 Å². The van der Waals surface area contributed by atoms with Crippen LogP contribution in [0.2, 0.25) is 0 Å². The first-order valence-corrected chi connectivity index (χ1v) is 12.3. The van der Waals surface area contributed by atoms with E-state index < -0.39 is 17.8 Å². The Balaban J connectivity index is 1.16. The minimum atomic E-state index is -4.52. The number of halogens is 3. The number of anilines is 3. The molecule has 4 aromatic rings. The monoisotopic (exact) mass is 556 g/mol. The summed E-state index contributed by atoms with van der Waals surface area (Å²) in [5.74, 6) is 0.346. The number of carbonyl (C=O) groups excluding carboxylic acids is 2. The molecule has 14 heteroatoms. The lowest BCUT2D eigenvalue weighted by Crippen LogP contribution is -2.41. The van der Waals surface area contributed by atoms with Crippen molar-refractivity contribution in [2.75, 3.05) is 35.3 Å². The molecule has 10 nitrogen and oxygen atoms in total. The van der Waals surface area contributed by atoms with Crippen molar-refractivity contribution in [3.05, 3.63) is 72.7 Å². The van der Waals surface area contributed by atoms with Gasteiger partial charge in [-0.1, -0.05) is 17.4 Å². The molecule has 0 bridgehead atoms. The molecule has 0 aliphatic carbocycles. The molecule has 0 saturated carbocycles. The summed E-state index contributed by atoms with van der Waals surface area (Å²) < 4.78 is 49.3. The van der Waals surface area contributed by atoms with Gasteiger partial charge in [-0.2, -0.15) is 13.2 Å². The van der Waals surface area contributed by atoms with Crippen LogP contribution in [0.3, 0.4) is 0 Å². The predicted octanol–water partition coefficient (Wildman–Crippen LogP) is 5.42. The molecular weight excluding hydrogens is 537 g/mol. The molecule has 5 rings (SSSR count). The fourth-order valence-corrected chi connectivity index (χ4v) is 4.50. The molecule has 1 fully saturated rings. The molecule has 2 N–H and O–H groups in total. The average molecular weight is 557 g/mol. The molecule has 0 unspecified atom stereocenters. The molecule has 0 spiro atoms. The third-order valence-electron chi connectivity index (χ3n) is 5.39. The number of morpholine rings is 1. The number of rotatable bonds is 6. The van der Waals surface area contributed by atoms with Crippen LogP contribution < -0.4 is 20.3 Å². The van der Waals surface area contributed by atoms with Crippen LogP contribution in [0.5, 0.6) is 11.8 Å². The first kappa shape index (κ1) is 26.1. The van der Waals surface area contributed by atoms with Gasteiger partial charge >= 0.3 is 18.2 Å². The van der Waals surface area contributed by atoms with E-state index >= 15 is 0 Å². The van der Waals surface area contributed by atoms with Crippen molar-refractivity contribution in [3.8, 4) is 22.2 Å². The van der Waals surface area contributed by atoms with Crippen molar-refractivity contribution in [2.45, 2.75) is 6.18 Å². The zero-order chi connectivity index (χ0) is 27.4. The van der Waals surface area contributed by atoms with Crippen LogP contribution in [-0.2, 0) is 15.7 Å². The summed E-state index contributed by atoms with van der Waals surface area (Å²) in [6.07, 6.45) is -0.216. The van der Waals surface area contributed by atoms with Gasteiger partial charge in [0.15, 0.2) is 5.13 Å². The third kappa shape index (κ3) is 6.48. The smallest absolute Gasteiger partial charge is 0.416 e. The van der Waals surface area contributed by atoms with Crippen LogP contribution in [0.1, 0.15) is 5.56 Å². The Hall–Kier alpha value is -4.56. The van der Waals surface area contributed by atoms with Gasteiger partial charge in [-0.25, -0.2) is 19.7 Å². The largest absolute Gasteiger partial charge is 0.424 e. The fraction of sp³-hybridized carbons (Fsp3) is 0.160. The lowest BCUT2D eigenvalue weighted by atomic mass is 10.2. The number of benzene rings is 2. The first-order valence-electron chi connectivity index (χ1n) is 11.4. The number of nitrogens with zero attached hydrogens (tertiary/aromatic N) is 4. The molecule has 0 radical (unpaired) electrons. The number of aromatic nitrogens is 3. The minimum Gasteiger partial charge on any atom is -0.424 e. The summed E-state index contributed by atoms with van der Waals surface area (Å²) in [6.45, 7) is 0.985. The standard InChI is InChI=1S/C25H19F3N6O4S/c26-25(27,28)16-2-1-3-17(10-16)32-22(36)33-18-11-29-23(30-12-18)38-19-6-4-15(5-7-19)20-13-31-24(39-20)34-8-9-37-14-21(34)35/h1-7,10-13H,8-9,14H2,(H2,32,33,36). The second kappa shape index (κ2) is 11.0. The molecule has 39 heavy (non-hydrogen) atoms. The summed E-state index contributed by atoms with van der Waals surface area (Å²) in [7, 11) is 0. The van der Waals surface area contributed by atoms with E-state index in [1.165, 1.54) is 35.9 Å².